The Kier molecular flexibility index (Phi) is 6.32. The van der Waals surface area contributed by atoms with E-state index in [9.17, 15) is 10.1 Å². The highest BCUT2D eigenvalue weighted by Crippen LogP contribution is 2.51. The molecular formula is C31H36N2O2. The number of aliphatic hydroxyl groups excluding tert-OH is 1. The van der Waals surface area contributed by atoms with Crippen molar-refractivity contribution in [2.24, 2.45) is 5.92 Å². The van der Waals surface area contributed by atoms with Crippen molar-refractivity contribution in [2.45, 2.75) is 71.1 Å². The van der Waals surface area contributed by atoms with E-state index in [1.807, 2.05) is 18.2 Å². The molecule has 0 radical (unpaired) electrons. The number of allylic oxidation sites excluding steroid dienone is 2. The van der Waals surface area contributed by atoms with Gasteiger partial charge in [0.25, 0.3) is 0 Å². The van der Waals surface area contributed by atoms with Crippen LogP contribution in [-0.2, 0) is 18.3 Å². The van der Waals surface area contributed by atoms with Crippen molar-refractivity contribution in [1.29, 1.82) is 5.26 Å². The molecule has 0 spiro atoms. The zero-order valence-electron chi connectivity index (χ0n) is 21.3. The van der Waals surface area contributed by atoms with E-state index in [4.69, 9.17) is 5.11 Å². The molecule has 0 bridgehead atoms. The largest absolute Gasteiger partial charge is 0.396 e. The number of ketones is 1. The number of hydrogen-bond acceptors (Lipinski definition) is 4. The molecule has 1 saturated heterocycles. The first-order valence-electron chi connectivity index (χ1n) is 13.2. The molecule has 0 aromatic heterocycles. The summed E-state index contributed by atoms with van der Waals surface area (Å²) in [6, 6.07) is 12.5. The minimum absolute atomic E-state index is 0.140. The molecular weight excluding hydrogens is 432 g/mol. The summed E-state index contributed by atoms with van der Waals surface area (Å²) in [5, 5.41) is 18.4. The van der Waals surface area contributed by atoms with Gasteiger partial charge in [-0.2, -0.15) is 5.26 Å². The molecule has 0 saturated carbocycles. The summed E-state index contributed by atoms with van der Waals surface area (Å²) in [7, 11) is 0. The van der Waals surface area contributed by atoms with E-state index in [0.29, 0.717) is 12.2 Å². The maximum Gasteiger partial charge on any atom is 0.193 e. The molecule has 1 fully saturated rings. The number of Topliss-reactive ketones (excluding diaryl/α,β-unsaturated/α-hetero) is 1. The van der Waals surface area contributed by atoms with Crippen LogP contribution >= 0.6 is 0 Å². The van der Waals surface area contributed by atoms with Crippen LogP contribution in [0.1, 0.15) is 91.1 Å². The third kappa shape index (κ3) is 4.00. The summed E-state index contributed by atoms with van der Waals surface area (Å²) in [6.45, 7) is 9.11. The molecule has 1 N–H and O–H groups in total. The molecule has 0 atom stereocenters. The summed E-state index contributed by atoms with van der Waals surface area (Å²) < 4.78 is 0. The van der Waals surface area contributed by atoms with E-state index >= 15 is 0 Å². The molecule has 1 heterocycles. The first-order valence-corrected chi connectivity index (χ1v) is 13.2. The maximum atomic E-state index is 13.9. The van der Waals surface area contributed by atoms with Crippen molar-refractivity contribution in [3.8, 4) is 6.07 Å². The Morgan fingerprint density at radius 2 is 1.89 bits per heavy atom. The fraction of sp³-hybridized carbons (Fsp3) is 0.484. The minimum Gasteiger partial charge on any atom is -0.396 e. The van der Waals surface area contributed by atoms with Crippen LogP contribution in [0.15, 0.2) is 35.9 Å². The van der Waals surface area contributed by atoms with Crippen molar-refractivity contribution in [3.05, 3.63) is 69.3 Å². The number of aliphatic hydroxyl groups is 1. The SMILES string of the molecule is CCc1cc2c(cc1N1CCC(CCCCO)CC1)C(C)(C)C1=C(C2=O)c2ccc(C#N)cc2C1. The van der Waals surface area contributed by atoms with Gasteiger partial charge in [-0.1, -0.05) is 39.7 Å². The van der Waals surface area contributed by atoms with Gasteiger partial charge in [-0.15, -0.1) is 0 Å². The van der Waals surface area contributed by atoms with Gasteiger partial charge in [0, 0.05) is 41.9 Å². The number of rotatable bonds is 6. The lowest BCUT2D eigenvalue weighted by Gasteiger charge is -2.39. The smallest absolute Gasteiger partial charge is 0.193 e. The van der Waals surface area contributed by atoms with Gasteiger partial charge in [0.1, 0.15) is 0 Å². The van der Waals surface area contributed by atoms with Gasteiger partial charge in [-0.05, 0) is 90.1 Å². The number of aryl methyl sites for hydroxylation is 1. The topological polar surface area (TPSA) is 64.3 Å². The highest BCUT2D eigenvalue weighted by Gasteiger charge is 2.43. The molecule has 4 heteroatoms. The third-order valence-electron chi connectivity index (χ3n) is 8.65. The molecule has 4 nitrogen and oxygen atoms in total. The van der Waals surface area contributed by atoms with Gasteiger partial charge >= 0.3 is 0 Å². The van der Waals surface area contributed by atoms with E-state index in [0.717, 1.165) is 72.5 Å². The van der Waals surface area contributed by atoms with E-state index < -0.39 is 0 Å². The number of anilines is 1. The second kappa shape index (κ2) is 9.28. The van der Waals surface area contributed by atoms with Crippen LogP contribution in [0.25, 0.3) is 5.57 Å². The summed E-state index contributed by atoms with van der Waals surface area (Å²) >= 11 is 0. The Morgan fingerprint density at radius 3 is 2.57 bits per heavy atom. The zero-order chi connectivity index (χ0) is 24.7. The summed E-state index contributed by atoms with van der Waals surface area (Å²) in [4.78, 5) is 16.4. The second-order valence-electron chi connectivity index (χ2n) is 11.0. The number of carbonyl (C=O) groups is 1. The standard InChI is InChI=1S/C31H36N2O2/c1-4-22-16-25-26(18-28(22)33-12-10-20(11-13-33)7-5-6-14-34)31(2,3)27-17-23-15-21(19-32)8-9-24(23)29(27)30(25)35/h8-9,15-16,18,20,34H,4-7,10-14,17H2,1-3H3. The van der Waals surface area contributed by atoms with Gasteiger partial charge in [-0.25, -0.2) is 0 Å². The average Bonchev–Trinajstić information content (AvgIpc) is 3.27. The third-order valence-corrected chi connectivity index (χ3v) is 8.65. The van der Waals surface area contributed by atoms with Gasteiger partial charge in [0.2, 0.25) is 0 Å². The molecule has 35 heavy (non-hydrogen) atoms. The van der Waals surface area contributed by atoms with E-state index in [-0.39, 0.29) is 11.2 Å². The van der Waals surface area contributed by atoms with Crippen molar-refractivity contribution < 1.29 is 9.90 Å². The highest BCUT2D eigenvalue weighted by atomic mass is 16.2. The Bertz CT molecular complexity index is 1240. The zero-order valence-corrected chi connectivity index (χ0v) is 21.3. The number of hydrogen-bond donors (Lipinski definition) is 1. The predicted octanol–water partition coefficient (Wildman–Crippen LogP) is 5.98. The number of fused-ring (bicyclic) bond motifs is 3. The fourth-order valence-corrected chi connectivity index (χ4v) is 6.51. The highest BCUT2D eigenvalue weighted by molar-refractivity contribution is 6.33. The van der Waals surface area contributed by atoms with Gasteiger partial charge in [-0.3, -0.25) is 4.79 Å². The average molecular weight is 469 g/mol. The molecule has 182 valence electrons. The molecule has 2 aromatic rings. The Morgan fingerprint density at radius 1 is 1.11 bits per heavy atom. The number of piperidine rings is 1. The summed E-state index contributed by atoms with van der Waals surface area (Å²) in [5.41, 5.74) is 9.13. The number of nitriles is 1. The van der Waals surface area contributed by atoms with Crippen molar-refractivity contribution in [1.82, 2.24) is 0 Å². The van der Waals surface area contributed by atoms with Crippen molar-refractivity contribution in [3.63, 3.8) is 0 Å². The molecule has 2 aromatic carbocycles. The molecule has 2 aliphatic carbocycles. The van der Waals surface area contributed by atoms with Crippen molar-refractivity contribution in [2.75, 3.05) is 24.6 Å². The quantitative estimate of drug-likeness (QED) is 0.530. The van der Waals surface area contributed by atoms with Crippen molar-refractivity contribution >= 4 is 17.0 Å². The molecule has 0 amide bonds. The van der Waals surface area contributed by atoms with Gasteiger partial charge < -0.3 is 10.0 Å². The molecule has 3 aliphatic rings. The van der Waals surface area contributed by atoms with Crippen LogP contribution in [0, 0.1) is 17.2 Å². The lowest BCUT2D eigenvalue weighted by Crippen LogP contribution is -2.36. The predicted molar refractivity (Wildman–Crippen MR) is 141 cm³/mol. The Balaban J connectivity index is 1.47. The number of benzene rings is 2. The summed E-state index contributed by atoms with van der Waals surface area (Å²) in [6.07, 6.45) is 7.27. The van der Waals surface area contributed by atoms with Crippen LogP contribution in [0.3, 0.4) is 0 Å². The monoisotopic (exact) mass is 468 g/mol. The van der Waals surface area contributed by atoms with E-state index in [2.05, 4.69) is 43.9 Å². The van der Waals surface area contributed by atoms with E-state index in [1.54, 1.807) is 0 Å². The lowest BCUT2D eigenvalue weighted by atomic mass is 9.68. The van der Waals surface area contributed by atoms with Crippen LogP contribution in [0.2, 0.25) is 0 Å². The fourth-order valence-electron chi connectivity index (χ4n) is 6.51. The molecule has 0 unspecified atom stereocenters. The Hall–Kier alpha value is -2.90. The molecule has 1 aliphatic heterocycles. The van der Waals surface area contributed by atoms with Crippen LogP contribution in [0.5, 0.6) is 0 Å². The molecule has 5 rings (SSSR count). The number of unbranched alkanes of at least 4 members (excludes halogenated alkanes) is 1. The first-order chi connectivity index (χ1) is 16.9. The lowest BCUT2D eigenvalue weighted by molar-refractivity contribution is 0.105. The summed E-state index contributed by atoms with van der Waals surface area (Å²) in [5.74, 6) is 0.892. The number of nitrogens with zero attached hydrogens (tertiary/aromatic N) is 2. The Labute approximate surface area is 209 Å². The maximum absolute atomic E-state index is 13.9. The second-order valence-corrected chi connectivity index (χ2v) is 11.0. The van der Waals surface area contributed by atoms with Gasteiger partial charge in [0.15, 0.2) is 5.78 Å². The minimum atomic E-state index is -0.242. The van der Waals surface area contributed by atoms with Crippen LogP contribution in [-0.4, -0.2) is 30.6 Å². The van der Waals surface area contributed by atoms with E-state index in [1.165, 1.54) is 36.1 Å². The van der Waals surface area contributed by atoms with Crippen LogP contribution in [0.4, 0.5) is 5.69 Å². The number of carbonyl (C=O) groups excluding carboxylic acids is 1. The van der Waals surface area contributed by atoms with Gasteiger partial charge in [0.05, 0.1) is 11.6 Å². The van der Waals surface area contributed by atoms with Crippen LogP contribution < -0.4 is 4.90 Å². The first kappa shape index (κ1) is 23.8. The normalized spacial score (nSPS) is 18.8.